The third-order valence-electron chi connectivity index (χ3n) is 10.8. The monoisotopic (exact) mass is 837 g/mol. The Morgan fingerprint density at radius 1 is 0.383 bits per heavy atom. The summed E-state index contributed by atoms with van der Waals surface area (Å²) < 4.78 is 17.3. The number of carbonyl (C=O) groups is 2. The summed E-state index contributed by atoms with van der Waals surface area (Å²) in [4.78, 5) is 25.3. The number of allylic oxidation sites excluding steroid dienone is 12. The zero-order valence-corrected chi connectivity index (χ0v) is 39.7. The van der Waals surface area contributed by atoms with Crippen LogP contribution in [-0.2, 0) is 23.8 Å². The first-order valence-electron chi connectivity index (χ1n) is 25.5. The molecule has 0 amide bonds. The van der Waals surface area contributed by atoms with Crippen molar-refractivity contribution in [2.45, 2.75) is 245 Å². The highest BCUT2D eigenvalue weighted by Crippen LogP contribution is 2.15. The maximum absolute atomic E-state index is 12.7. The minimum Gasteiger partial charge on any atom is -0.462 e. The van der Waals surface area contributed by atoms with Gasteiger partial charge in [-0.25, -0.2) is 0 Å². The van der Waals surface area contributed by atoms with Gasteiger partial charge < -0.3 is 14.2 Å². The van der Waals surface area contributed by atoms with E-state index in [2.05, 4.69) is 93.7 Å². The largest absolute Gasteiger partial charge is 0.462 e. The van der Waals surface area contributed by atoms with Crippen molar-refractivity contribution in [3.05, 3.63) is 72.9 Å². The smallest absolute Gasteiger partial charge is 0.306 e. The van der Waals surface area contributed by atoms with Crippen molar-refractivity contribution >= 4 is 11.9 Å². The Kier molecular flexibility index (Phi) is 48.4. The molecular formula is C55H96O5. The van der Waals surface area contributed by atoms with Crippen molar-refractivity contribution in [2.75, 3.05) is 19.8 Å². The van der Waals surface area contributed by atoms with Crippen LogP contribution in [0.1, 0.15) is 239 Å². The van der Waals surface area contributed by atoms with E-state index in [-0.39, 0.29) is 25.2 Å². The number of hydrogen-bond acceptors (Lipinski definition) is 5. The Balaban J connectivity index is 4.33. The second-order valence-electron chi connectivity index (χ2n) is 16.7. The molecule has 0 heterocycles. The molecule has 0 aromatic rings. The molecule has 5 nitrogen and oxygen atoms in total. The third-order valence-corrected chi connectivity index (χ3v) is 10.8. The minimum absolute atomic E-state index is 0.0639. The molecule has 0 spiro atoms. The van der Waals surface area contributed by atoms with E-state index in [0.717, 1.165) is 77.0 Å². The summed E-state index contributed by atoms with van der Waals surface area (Å²) >= 11 is 0. The van der Waals surface area contributed by atoms with Gasteiger partial charge >= 0.3 is 11.9 Å². The molecule has 0 saturated heterocycles. The molecule has 0 aliphatic heterocycles. The van der Waals surface area contributed by atoms with E-state index in [9.17, 15) is 9.59 Å². The topological polar surface area (TPSA) is 61.8 Å². The number of hydrogen-bond donors (Lipinski definition) is 0. The fraction of sp³-hybridized carbons (Fsp3) is 0.745. The molecule has 0 aliphatic rings. The molecule has 0 radical (unpaired) electrons. The maximum Gasteiger partial charge on any atom is 0.306 e. The maximum atomic E-state index is 12.7. The zero-order valence-electron chi connectivity index (χ0n) is 39.7. The highest BCUT2D eigenvalue weighted by Gasteiger charge is 2.17. The molecule has 0 saturated carbocycles. The van der Waals surface area contributed by atoms with Crippen LogP contribution in [0.25, 0.3) is 0 Å². The number of rotatable bonds is 46. The van der Waals surface area contributed by atoms with E-state index in [1.165, 1.54) is 128 Å². The Labute approximate surface area is 372 Å². The van der Waals surface area contributed by atoms with E-state index >= 15 is 0 Å². The zero-order chi connectivity index (χ0) is 43.5. The van der Waals surface area contributed by atoms with Crippen molar-refractivity contribution in [3.63, 3.8) is 0 Å². The van der Waals surface area contributed by atoms with E-state index in [0.29, 0.717) is 19.4 Å². The lowest BCUT2D eigenvalue weighted by Crippen LogP contribution is -2.30. The number of ether oxygens (including phenoxy) is 3. The molecule has 0 aliphatic carbocycles. The van der Waals surface area contributed by atoms with Gasteiger partial charge in [0.05, 0.1) is 6.61 Å². The van der Waals surface area contributed by atoms with Gasteiger partial charge in [-0.05, 0) is 64.2 Å². The van der Waals surface area contributed by atoms with Crippen LogP contribution in [0.3, 0.4) is 0 Å². The van der Waals surface area contributed by atoms with Gasteiger partial charge in [-0.15, -0.1) is 0 Å². The molecular weight excluding hydrogens is 741 g/mol. The second-order valence-corrected chi connectivity index (χ2v) is 16.7. The van der Waals surface area contributed by atoms with Crippen LogP contribution in [0.15, 0.2) is 72.9 Å². The second kappa shape index (κ2) is 50.7. The lowest BCUT2D eigenvalue weighted by molar-refractivity contribution is -0.163. The van der Waals surface area contributed by atoms with E-state index < -0.39 is 6.10 Å². The molecule has 0 aromatic heterocycles. The molecule has 0 bridgehead atoms. The quantitative estimate of drug-likeness (QED) is 0.0347. The number of esters is 2. The SMILES string of the molecule is CC/C=C\C/C=C\C/C=C\C/C=C\C/C=C\C/C=C\CCCOCC(COC(=O)CCCCCCCCCCCCCCC)OC(=O)CCCCCCCCCCCCC. The van der Waals surface area contributed by atoms with E-state index in [1.807, 2.05) is 0 Å². The van der Waals surface area contributed by atoms with Crippen LogP contribution >= 0.6 is 0 Å². The summed E-state index contributed by atoms with van der Waals surface area (Å²) in [6.07, 6.45) is 64.9. The van der Waals surface area contributed by atoms with Crippen LogP contribution in [0.4, 0.5) is 0 Å². The highest BCUT2D eigenvalue weighted by atomic mass is 16.6. The van der Waals surface area contributed by atoms with Gasteiger partial charge in [0.1, 0.15) is 6.61 Å². The molecule has 1 unspecified atom stereocenters. The van der Waals surface area contributed by atoms with Gasteiger partial charge in [0.25, 0.3) is 0 Å². The average Bonchev–Trinajstić information content (AvgIpc) is 3.25. The summed E-state index contributed by atoms with van der Waals surface area (Å²) in [5, 5.41) is 0. The normalized spacial score (nSPS) is 12.8. The fourth-order valence-corrected chi connectivity index (χ4v) is 7.00. The Bertz CT molecular complexity index is 1080. The fourth-order valence-electron chi connectivity index (χ4n) is 7.00. The standard InChI is InChI=1S/C55H96O5/c1-4-7-10-13-16-19-22-24-25-26-27-28-29-30-32-35-38-41-44-47-50-58-51-53(60-55(57)49-46-43-40-37-33-21-18-15-12-9-6-3)52-59-54(56)48-45-42-39-36-34-31-23-20-17-14-11-8-5-2/h7,10,16,19,24-25,27-28,30,32,38,41,53H,4-6,8-9,11-15,17-18,20-23,26,29,31,33-37,39-40,42-52H2,1-3H3/b10-7-,19-16-,25-24-,28-27-,32-30-,41-38-. The Morgan fingerprint density at radius 3 is 1.13 bits per heavy atom. The van der Waals surface area contributed by atoms with Crippen molar-refractivity contribution < 1.29 is 23.8 Å². The van der Waals surface area contributed by atoms with Crippen molar-refractivity contribution in [1.82, 2.24) is 0 Å². The summed E-state index contributed by atoms with van der Waals surface area (Å²) in [5.41, 5.74) is 0. The van der Waals surface area contributed by atoms with Crippen LogP contribution in [0.5, 0.6) is 0 Å². The van der Waals surface area contributed by atoms with Gasteiger partial charge in [0.2, 0.25) is 0 Å². The predicted molar refractivity (Wildman–Crippen MR) is 260 cm³/mol. The lowest BCUT2D eigenvalue weighted by atomic mass is 10.0. The lowest BCUT2D eigenvalue weighted by Gasteiger charge is -2.18. The summed E-state index contributed by atoms with van der Waals surface area (Å²) in [7, 11) is 0. The van der Waals surface area contributed by atoms with Gasteiger partial charge in [0.15, 0.2) is 6.10 Å². The number of carbonyl (C=O) groups excluding carboxylic acids is 2. The van der Waals surface area contributed by atoms with Gasteiger partial charge in [-0.2, -0.15) is 0 Å². The van der Waals surface area contributed by atoms with E-state index in [4.69, 9.17) is 14.2 Å². The van der Waals surface area contributed by atoms with Gasteiger partial charge in [-0.1, -0.05) is 235 Å². The molecule has 5 heteroatoms. The Hall–Kier alpha value is -2.66. The average molecular weight is 837 g/mol. The van der Waals surface area contributed by atoms with Crippen molar-refractivity contribution in [2.24, 2.45) is 0 Å². The first-order valence-corrected chi connectivity index (χ1v) is 25.5. The molecule has 0 fully saturated rings. The van der Waals surface area contributed by atoms with Crippen LogP contribution in [0, 0.1) is 0 Å². The molecule has 346 valence electrons. The van der Waals surface area contributed by atoms with Crippen LogP contribution in [-0.4, -0.2) is 37.9 Å². The van der Waals surface area contributed by atoms with Gasteiger partial charge in [0, 0.05) is 19.4 Å². The summed E-state index contributed by atoms with van der Waals surface area (Å²) in [6, 6.07) is 0. The molecule has 0 N–H and O–H groups in total. The third kappa shape index (κ3) is 48.0. The summed E-state index contributed by atoms with van der Waals surface area (Å²) in [5.74, 6) is -0.424. The minimum atomic E-state index is -0.563. The highest BCUT2D eigenvalue weighted by molar-refractivity contribution is 5.70. The van der Waals surface area contributed by atoms with Crippen molar-refractivity contribution in [3.8, 4) is 0 Å². The molecule has 60 heavy (non-hydrogen) atoms. The van der Waals surface area contributed by atoms with Crippen molar-refractivity contribution in [1.29, 1.82) is 0 Å². The predicted octanol–water partition coefficient (Wildman–Crippen LogP) is 17.1. The molecule has 1 atom stereocenters. The molecule has 0 aromatic carbocycles. The Morgan fingerprint density at radius 2 is 0.733 bits per heavy atom. The van der Waals surface area contributed by atoms with Crippen LogP contribution < -0.4 is 0 Å². The first-order chi connectivity index (χ1) is 29.6. The van der Waals surface area contributed by atoms with Crippen LogP contribution in [0.2, 0.25) is 0 Å². The van der Waals surface area contributed by atoms with Gasteiger partial charge in [-0.3, -0.25) is 9.59 Å². The number of unbranched alkanes of at least 4 members (excludes halogenated alkanes) is 23. The van der Waals surface area contributed by atoms with E-state index in [1.54, 1.807) is 0 Å². The molecule has 0 rings (SSSR count). The summed E-state index contributed by atoms with van der Waals surface area (Å²) in [6.45, 7) is 7.58. The first kappa shape index (κ1) is 57.3.